The van der Waals surface area contributed by atoms with Crippen molar-refractivity contribution in [3.8, 4) is 11.5 Å². The Morgan fingerprint density at radius 1 is 1.15 bits per heavy atom. The van der Waals surface area contributed by atoms with Crippen molar-refractivity contribution in [1.82, 2.24) is 15.5 Å². The van der Waals surface area contributed by atoms with E-state index in [0.29, 0.717) is 13.2 Å². The van der Waals surface area contributed by atoms with Gasteiger partial charge in [0.15, 0.2) is 11.5 Å². The zero-order chi connectivity index (χ0) is 13.9. The minimum absolute atomic E-state index is 0.622. The Hall–Kier alpha value is -2.01. The summed E-state index contributed by atoms with van der Waals surface area (Å²) in [6, 6.07) is 6.08. The number of aromatic nitrogens is 2. The number of aryl methyl sites for hydroxylation is 2. The van der Waals surface area contributed by atoms with E-state index < -0.39 is 0 Å². The zero-order valence-electron chi connectivity index (χ0n) is 11.8. The van der Waals surface area contributed by atoms with Gasteiger partial charge < -0.3 is 14.8 Å². The van der Waals surface area contributed by atoms with Crippen LogP contribution in [0.1, 0.15) is 22.5 Å². The number of hydrogen-bond donors (Lipinski definition) is 2. The van der Waals surface area contributed by atoms with E-state index in [1.54, 1.807) is 0 Å². The Kier molecular flexibility index (Phi) is 3.60. The van der Waals surface area contributed by atoms with Crippen LogP contribution < -0.4 is 14.8 Å². The lowest BCUT2D eigenvalue weighted by Crippen LogP contribution is -2.17. The number of ether oxygens (including phenoxy) is 2. The summed E-state index contributed by atoms with van der Waals surface area (Å²) in [5.74, 6) is 1.67. The van der Waals surface area contributed by atoms with Gasteiger partial charge in [0, 0.05) is 24.3 Å². The van der Waals surface area contributed by atoms with Crippen LogP contribution in [0.4, 0.5) is 0 Å². The molecule has 2 aromatic rings. The van der Waals surface area contributed by atoms with Crippen molar-refractivity contribution in [3.05, 3.63) is 40.7 Å². The highest BCUT2D eigenvalue weighted by Gasteiger charge is 2.11. The Labute approximate surface area is 118 Å². The quantitative estimate of drug-likeness (QED) is 0.895. The largest absolute Gasteiger partial charge is 0.486 e. The van der Waals surface area contributed by atoms with Gasteiger partial charge >= 0.3 is 0 Å². The summed E-state index contributed by atoms with van der Waals surface area (Å²) in [4.78, 5) is 0. The van der Waals surface area contributed by atoms with Crippen molar-refractivity contribution in [2.45, 2.75) is 26.9 Å². The summed E-state index contributed by atoms with van der Waals surface area (Å²) in [7, 11) is 0. The fraction of sp³-hybridized carbons (Fsp3) is 0.400. The van der Waals surface area contributed by atoms with E-state index in [0.717, 1.165) is 36.0 Å². The molecule has 0 fully saturated rings. The maximum atomic E-state index is 5.59. The molecule has 20 heavy (non-hydrogen) atoms. The molecule has 0 bridgehead atoms. The Balaban J connectivity index is 1.61. The van der Waals surface area contributed by atoms with Crippen LogP contribution in [0.15, 0.2) is 18.2 Å². The van der Waals surface area contributed by atoms with E-state index in [-0.39, 0.29) is 0 Å². The van der Waals surface area contributed by atoms with Gasteiger partial charge in [-0.15, -0.1) is 0 Å². The third kappa shape index (κ3) is 2.63. The molecule has 2 heterocycles. The van der Waals surface area contributed by atoms with E-state index in [4.69, 9.17) is 9.47 Å². The van der Waals surface area contributed by atoms with Gasteiger partial charge in [-0.05, 0) is 31.5 Å². The van der Waals surface area contributed by atoms with Gasteiger partial charge in [0.1, 0.15) is 13.2 Å². The lowest BCUT2D eigenvalue weighted by atomic mass is 10.1. The van der Waals surface area contributed by atoms with Gasteiger partial charge in [0.2, 0.25) is 0 Å². The van der Waals surface area contributed by atoms with Gasteiger partial charge in [-0.3, -0.25) is 5.10 Å². The van der Waals surface area contributed by atoms with Crippen LogP contribution >= 0.6 is 0 Å². The Morgan fingerprint density at radius 2 is 1.95 bits per heavy atom. The summed E-state index contributed by atoms with van der Waals surface area (Å²) in [6.07, 6.45) is 0. The molecule has 1 aromatic carbocycles. The summed E-state index contributed by atoms with van der Waals surface area (Å²) >= 11 is 0. The third-order valence-corrected chi connectivity index (χ3v) is 3.52. The normalized spacial score (nSPS) is 13.5. The predicted octanol–water partition coefficient (Wildman–Crippen LogP) is 2.09. The molecule has 5 nitrogen and oxygen atoms in total. The van der Waals surface area contributed by atoms with Gasteiger partial charge in [0.05, 0.1) is 5.69 Å². The number of nitrogens with one attached hydrogen (secondary N) is 2. The van der Waals surface area contributed by atoms with Crippen molar-refractivity contribution >= 4 is 0 Å². The first kappa shape index (κ1) is 13.0. The van der Waals surface area contributed by atoms with Crippen LogP contribution in [0.3, 0.4) is 0 Å². The number of benzene rings is 1. The van der Waals surface area contributed by atoms with E-state index in [1.165, 1.54) is 11.1 Å². The van der Waals surface area contributed by atoms with Crippen LogP contribution in [0.25, 0.3) is 0 Å². The van der Waals surface area contributed by atoms with Crippen LogP contribution in [0.2, 0.25) is 0 Å². The molecule has 0 atom stereocenters. The van der Waals surface area contributed by atoms with Gasteiger partial charge in [-0.25, -0.2) is 0 Å². The molecule has 106 valence electrons. The maximum absolute atomic E-state index is 5.59. The SMILES string of the molecule is Cc1n[nH]c(C)c1CNCc1ccc2c(c1)OCCO2. The van der Waals surface area contributed by atoms with Crippen LogP contribution in [0.5, 0.6) is 11.5 Å². The molecule has 0 saturated heterocycles. The van der Waals surface area contributed by atoms with Gasteiger partial charge in [-0.1, -0.05) is 6.07 Å². The molecule has 1 aliphatic rings. The monoisotopic (exact) mass is 273 g/mol. The standard InChI is InChI=1S/C15H19N3O2/c1-10-13(11(2)18-17-10)9-16-8-12-3-4-14-15(7-12)20-6-5-19-14/h3-4,7,16H,5-6,8-9H2,1-2H3,(H,17,18). The molecule has 3 rings (SSSR count). The van der Waals surface area contributed by atoms with E-state index >= 15 is 0 Å². The molecule has 0 aliphatic carbocycles. The number of fused-ring (bicyclic) bond motifs is 1. The molecule has 1 aromatic heterocycles. The average Bonchev–Trinajstić information content (AvgIpc) is 2.79. The first-order chi connectivity index (χ1) is 9.74. The smallest absolute Gasteiger partial charge is 0.161 e. The van der Waals surface area contributed by atoms with Crippen molar-refractivity contribution in [2.75, 3.05) is 13.2 Å². The summed E-state index contributed by atoms with van der Waals surface area (Å²) < 4.78 is 11.1. The van der Waals surface area contributed by atoms with E-state index in [1.807, 2.05) is 26.0 Å². The maximum Gasteiger partial charge on any atom is 0.161 e. The first-order valence-corrected chi connectivity index (χ1v) is 6.84. The Morgan fingerprint density at radius 3 is 2.70 bits per heavy atom. The molecular formula is C15H19N3O2. The summed E-state index contributed by atoms with van der Waals surface area (Å²) in [6.45, 7) is 6.91. The van der Waals surface area contributed by atoms with Gasteiger partial charge in [-0.2, -0.15) is 5.10 Å². The number of nitrogens with zero attached hydrogens (tertiary/aromatic N) is 1. The molecule has 5 heteroatoms. The zero-order valence-corrected chi connectivity index (χ0v) is 11.8. The minimum Gasteiger partial charge on any atom is -0.486 e. The lowest BCUT2D eigenvalue weighted by molar-refractivity contribution is 0.171. The highest BCUT2D eigenvalue weighted by molar-refractivity contribution is 5.43. The molecule has 0 amide bonds. The number of aromatic amines is 1. The van der Waals surface area contributed by atoms with Crippen molar-refractivity contribution < 1.29 is 9.47 Å². The fourth-order valence-corrected chi connectivity index (χ4v) is 2.36. The highest BCUT2D eigenvalue weighted by atomic mass is 16.6. The predicted molar refractivity (Wildman–Crippen MR) is 76.0 cm³/mol. The Bertz CT molecular complexity index is 588. The molecular weight excluding hydrogens is 254 g/mol. The first-order valence-electron chi connectivity index (χ1n) is 6.84. The highest BCUT2D eigenvalue weighted by Crippen LogP contribution is 2.30. The topological polar surface area (TPSA) is 59.2 Å². The molecule has 2 N–H and O–H groups in total. The minimum atomic E-state index is 0.622. The van der Waals surface area contributed by atoms with Crippen LogP contribution in [-0.4, -0.2) is 23.4 Å². The molecule has 0 saturated carbocycles. The molecule has 1 aliphatic heterocycles. The fourth-order valence-electron chi connectivity index (χ4n) is 2.36. The van der Waals surface area contributed by atoms with Crippen LogP contribution in [-0.2, 0) is 13.1 Å². The van der Waals surface area contributed by atoms with Crippen molar-refractivity contribution in [3.63, 3.8) is 0 Å². The van der Waals surface area contributed by atoms with Crippen LogP contribution in [0, 0.1) is 13.8 Å². The molecule has 0 radical (unpaired) electrons. The summed E-state index contributed by atoms with van der Waals surface area (Å²) in [5.41, 5.74) is 4.60. The second-order valence-corrected chi connectivity index (χ2v) is 4.99. The lowest BCUT2D eigenvalue weighted by Gasteiger charge is -2.19. The molecule has 0 spiro atoms. The second-order valence-electron chi connectivity index (χ2n) is 4.99. The summed E-state index contributed by atoms with van der Waals surface area (Å²) in [5, 5.41) is 10.6. The average molecular weight is 273 g/mol. The number of rotatable bonds is 4. The van der Waals surface area contributed by atoms with E-state index in [2.05, 4.69) is 21.6 Å². The van der Waals surface area contributed by atoms with Crippen molar-refractivity contribution in [1.29, 1.82) is 0 Å². The van der Waals surface area contributed by atoms with Crippen molar-refractivity contribution in [2.24, 2.45) is 0 Å². The van der Waals surface area contributed by atoms with E-state index in [9.17, 15) is 0 Å². The van der Waals surface area contributed by atoms with Gasteiger partial charge in [0.25, 0.3) is 0 Å². The third-order valence-electron chi connectivity index (χ3n) is 3.52. The second kappa shape index (κ2) is 5.54. The molecule has 0 unspecified atom stereocenters. The number of H-pyrrole nitrogens is 1. The number of hydrogen-bond acceptors (Lipinski definition) is 4.